The van der Waals surface area contributed by atoms with E-state index in [1.807, 2.05) is 7.05 Å². The molecule has 0 aliphatic heterocycles. The molecule has 0 saturated heterocycles. The van der Waals surface area contributed by atoms with E-state index in [9.17, 15) is 9.18 Å². The fourth-order valence-corrected chi connectivity index (χ4v) is 1.82. The SMILES string of the molecule is CNCCCNC(=O)c1ccc(COc2ccc(F)cc2)o1. The monoisotopic (exact) mass is 306 g/mol. The fraction of sp³-hybridized carbons (Fsp3) is 0.312. The molecule has 0 radical (unpaired) electrons. The Hall–Kier alpha value is -2.34. The molecular weight excluding hydrogens is 287 g/mol. The Bertz CT molecular complexity index is 596. The van der Waals surface area contributed by atoms with Crippen molar-refractivity contribution in [3.05, 3.63) is 53.7 Å². The molecule has 0 fully saturated rings. The van der Waals surface area contributed by atoms with E-state index in [0.29, 0.717) is 18.1 Å². The predicted molar refractivity (Wildman–Crippen MR) is 80.3 cm³/mol. The van der Waals surface area contributed by atoms with Crippen LogP contribution in [0.4, 0.5) is 4.39 Å². The van der Waals surface area contributed by atoms with Gasteiger partial charge in [0.25, 0.3) is 5.91 Å². The van der Waals surface area contributed by atoms with E-state index in [4.69, 9.17) is 9.15 Å². The summed E-state index contributed by atoms with van der Waals surface area (Å²) in [7, 11) is 1.86. The molecule has 1 aromatic carbocycles. The maximum Gasteiger partial charge on any atom is 0.286 e. The number of carbonyl (C=O) groups excluding carboxylic acids is 1. The summed E-state index contributed by atoms with van der Waals surface area (Å²) in [6.07, 6.45) is 0.851. The minimum atomic E-state index is -0.317. The van der Waals surface area contributed by atoms with Gasteiger partial charge in [-0.1, -0.05) is 0 Å². The summed E-state index contributed by atoms with van der Waals surface area (Å²) in [5.41, 5.74) is 0. The smallest absolute Gasteiger partial charge is 0.286 e. The van der Waals surface area contributed by atoms with Crippen molar-refractivity contribution in [2.75, 3.05) is 20.1 Å². The van der Waals surface area contributed by atoms with Crippen molar-refractivity contribution in [1.82, 2.24) is 10.6 Å². The zero-order valence-corrected chi connectivity index (χ0v) is 12.4. The number of rotatable bonds is 8. The zero-order chi connectivity index (χ0) is 15.8. The van der Waals surface area contributed by atoms with Gasteiger partial charge in [0.05, 0.1) is 0 Å². The van der Waals surface area contributed by atoms with Gasteiger partial charge in [0, 0.05) is 6.54 Å². The molecule has 0 spiro atoms. The molecule has 2 rings (SSSR count). The summed E-state index contributed by atoms with van der Waals surface area (Å²) in [5, 5.41) is 5.78. The summed E-state index contributed by atoms with van der Waals surface area (Å²) < 4.78 is 23.6. The van der Waals surface area contributed by atoms with Crippen LogP contribution in [0, 0.1) is 5.82 Å². The molecule has 0 atom stereocenters. The molecule has 6 heteroatoms. The lowest BCUT2D eigenvalue weighted by molar-refractivity contribution is 0.0921. The molecule has 1 heterocycles. The molecule has 2 N–H and O–H groups in total. The first-order valence-electron chi connectivity index (χ1n) is 7.09. The lowest BCUT2D eigenvalue weighted by Gasteiger charge is -2.04. The van der Waals surface area contributed by atoms with E-state index < -0.39 is 0 Å². The number of benzene rings is 1. The van der Waals surface area contributed by atoms with Crippen molar-refractivity contribution < 1.29 is 18.3 Å². The molecule has 5 nitrogen and oxygen atoms in total. The normalized spacial score (nSPS) is 10.5. The zero-order valence-electron chi connectivity index (χ0n) is 12.4. The highest BCUT2D eigenvalue weighted by molar-refractivity contribution is 5.91. The van der Waals surface area contributed by atoms with Gasteiger partial charge in [-0.3, -0.25) is 4.79 Å². The molecule has 1 aromatic heterocycles. The molecule has 1 amide bonds. The lowest BCUT2D eigenvalue weighted by atomic mass is 10.3. The van der Waals surface area contributed by atoms with Gasteiger partial charge in [0.2, 0.25) is 0 Å². The molecule has 0 aliphatic carbocycles. The van der Waals surface area contributed by atoms with Gasteiger partial charge in [-0.05, 0) is 56.4 Å². The maximum atomic E-state index is 12.8. The quantitative estimate of drug-likeness (QED) is 0.735. The molecule has 0 aliphatic rings. The Morgan fingerprint density at radius 1 is 1.18 bits per heavy atom. The summed E-state index contributed by atoms with van der Waals surface area (Å²) in [6, 6.07) is 9.01. The molecule has 0 unspecified atom stereocenters. The molecule has 0 bridgehead atoms. The first kappa shape index (κ1) is 16.0. The lowest BCUT2D eigenvalue weighted by Crippen LogP contribution is -2.26. The van der Waals surface area contributed by atoms with Crippen molar-refractivity contribution >= 4 is 5.91 Å². The average Bonchev–Trinajstić information content (AvgIpc) is 3.00. The van der Waals surface area contributed by atoms with Gasteiger partial charge in [0.15, 0.2) is 5.76 Å². The van der Waals surface area contributed by atoms with E-state index >= 15 is 0 Å². The molecule has 2 aromatic rings. The van der Waals surface area contributed by atoms with E-state index in [1.165, 1.54) is 24.3 Å². The fourth-order valence-electron chi connectivity index (χ4n) is 1.82. The van der Waals surface area contributed by atoms with Crippen molar-refractivity contribution in [3.8, 4) is 5.75 Å². The van der Waals surface area contributed by atoms with Gasteiger partial charge in [-0.2, -0.15) is 0 Å². The highest BCUT2D eigenvalue weighted by Crippen LogP contribution is 2.15. The van der Waals surface area contributed by atoms with E-state index in [2.05, 4.69) is 10.6 Å². The second kappa shape index (κ2) is 8.19. The Labute approximate surface area is 128 Å². The Morgan fingerprint density at radius 2 is 1.95 bits per heavy atom. The number of halogens is 1. The second-order valence-electron chi connectivity index (χ2n) is 4.72. The molecular formula is C16H19FN2O3. The van der Waals surface area contributed by atoms with E-state index in [1.54, 1.807) is 12.1 Å². The van der Waals surface area contributed by atoms with Gasteiger partial charge < -0.3 is 19.8 Å². The Kier molecular flexibility index (Phi) is 5.97. The van der Waals surface area contributed by atoms with Gasteiger partial charge in [0.1, 0.15) is 23.9 Å². The van der Waals surface area contributed by atoms with Gasteiger partial charge in [-0.15, -0.1) is 0 Å². The molecule has 118 valence electrons. The largest absolute Gasteiger partial charge is 0.486 e. The summed E-state index contributed by atoms with van der Waals surface area (Å²) >= 11 is 0. The number of ether oxygens (including phenoxy) is 1. The van der Waals surface area contributed by atoms with Crippen LogP contribution in [0.25, 0.3) is 0 Å². The summed E-state index contributed by atoms with van der Waals surface area (Å²) in [6.45, 7) is 1.61. The minimum absolute atomic E-state index is 0.179. The number of nitrogens with one attached hydrogen (secondary N) is 2. The Balaban J connectivity index is 1.80. The van der Waals surface area contributed by atoms with Crippen molar-refractivity contribution in [2.24, 2.45) is 0 Å². The van der Waals surface area contributed by atoms with E-state index in [-0.39, 0.29) is 24.1 Å². The third-order valence-electron chi connectivity index (χ3n) is 2.97. The maximum absolute atomic E-state index is 12.8. The van der Waals surface area contributed by atoms with Gasteiger partial charge in [-0.25, -0.2) is 4.39 Å². The second-order valence-corrected chi connectivity index (χ2v) is 4.72. The minimum Gasteiger partial charge on any atom is -0.486 e. The van der Waals surface area contributed by atoms with Crippen molar-refractivity contribution in [1.29, 1.82) is 0 Å². The van der Waals surface area contributed by atoms with Crippen molar-refractivity contribution in [2.45, 2.75) is 13.0 Å². The molecule has 0 saturated carbocycles. The first-order valence-corrected chi connectivity index (χ1v) is 7.09. The summed E-state index contributed by atoms with van der Waals surface area (Å²) in [4.78, 5) is 11.8. The number of carbonyl (C=O) groups is 1. The van der Waals surface area contributed by atoms with Crippen LogP contribution >= 0.6 is 0 Å². The van der Waals surface area contributed by atoms with Gasteiger partial charge >= 0.3 is 0 Å². The third kappa shape index (κ3) is 4.89. The standard InChI is InChI=1S/C16H19FN2O3/c1-18-9-2-10-19-16(20)15-8-7-14(22-15)11-21-13-5-3-12(17)4-6-13/h3-8,18H,2,9-11H2,1H3,(H,19,20). The van der Waals surface area contributed by atoms with Crippen LogP contribution in [-0.2, 0) is 6.61 Å². The average molecular weight is 306 g/mol. The Morgan fingerprint density at radius 3 is 2.68 bits per heavy atom. The van der Waals surface area contributed by atoms with E-state index in [0.717, 1.165) is 13.0 Å². The molecule has 22 heavy (non-hydrogen) atoms. The highest BCUT2D eigenvalue weighted by Gasteiger charge is 2.10. The number of hydrogen-bond donors (Lipinski definition) is 2. The van der Waals surface area contributed by atoms with Crippen LogP contribution < -0.4 is 15.4 Å². The topological polar surface area (TPSA) is 63.5 Å². The highest BCUT2D eigenvalue weighted by atomic mass is 19.1. The third-order valence-corrected chi connectivity index (χ3v) is 2.97. The summed E-state index contributed by atoms with van der Waals surface area (Å²) in [5.74, 6) is 0.759. The number of furan rings is 1. The van der Waals surface area contributed by atoms with Crippen molar-refractivity contribution in [3.63, 3.8) is 0 Å². The first-order chi connectivity index (χ1) is 10.7. The van der Waals surface area contributed by atoms with Crippen LogP contribution in [0.15, 0.2) is 40.8 Å². The number of hydrogen-bond acceptors (Lipinski definition) is 4. The van der Waals surface area contributed by atoms with Crippen LogP contribution in [0.1, 0.15) is 22.7 Å². The van der Waals surface area contributed by atoms with Crippen LogP contribution in [0.2, 0.25) is 0 Å². The predicted octanol–water partition coefficient (Wildman–Crippen LogP) is 2.34. The van der Waals surface area contributed by atoms with Crippen LogP contribution in [0.3, 0.4) is 0 Å². The van der Waals surface area contributed by atoms with Crippen LogP contribution in [0.5, 0.6) is 5.75 Å². The van der Waals surface area contributed by atoms with Crippen LogP contribution in [-0.4, -0.2) is 26.0 Å². The number of amides is 1.